The van der Waals surface area contributed by atoms with E-state index in [1.165, 1.54) is 17.9 Å². The summed E-state index contributed by atoms with van der Waals surface area (Å²) in [4.78, 5) is 1.52. The third kappa shape index (κ3) is 0.601. The molecular weight excluding hydrogens is 74.1 g/mol. The Morgan fingerprint density at radius 2 is 2.50 bits per heavy atom. The first-order valence-electron chi connectivity index (χ1n) is 2.38. The van der Waals surface area contributed by atoms with E-state index in [0.717, 1.165) is 0 Å². The molecule has 0 saturated carbocycles. The SMILES string of the molecule is C[NH+]1C=CCC1. The van der Waals surface area contributed by atoms with Gasteiger partial charge in [-0.05, 0) is 6.08 Å². The van der Waals surface area contributed by atoms with E-state index in [9.17, 15) is 0 Å². The summed E-state index contributed by atoms with van der Waals surface area (Å²) >= 11 is 0. The summed E-state index contributed by atoms with van der Waals surface area (Å²) in [7, 11) is 2.17. The van der Waals surface area contributed by atoms with Crippen LogP contribution in [0.5, 0.6) is 0 Å². The van der Waals surface area contributed by atoms with Crippen molar-refractivity contribution in [2.24, 2.45) is 0 Å². The van der Waals surface area contributed by atoms with Crippen molar-refractivity contribution >= 4 is 0 Å². The average Bonchev–Trinajstić information content (AvgIpc) is 1.86. The van der Waals surface area contributed by atoms with Crippen molar-refractivity contribution in [2.45, 2.75) is 6.42 Å². The third-order valence-electron chi connectivity index (χ3n) is 1.11. The van der Waals surface area contributed by atoms with Crippen molar-refractivity contribution in [1.29, 1.82) is 0 Å². The zero-order chi connectivity index (χ0) is 4.41. The Hall–Kier alpha value is -0.300. The van der Waals surface area contributed by atoms with E-state index in [1.807, 2.05) is 0 Å². The first-order chi connectivity index (χ1) is 2.89. The van der Waals surface area contributed by atoms with Crippen LogP contribution in [-0.2, 0) is 0 Å². The molecule has 0 bridgehead atoms. The summed E-state index contributed by atoms with van der Waals surface area (Å²) in [5.74, 6) is 0. The van der Waals surface area contributed by atoms with Gasteiger partial charge in [-0.15, -0.1) is 0 Å². The van der Waals surface area contributed by atoms with Gasteiger partial charge in [0.2, 0.25) is 0 Å². The molecule has 1 aliphatic rings. The second-order valence-corrected chi connectivity index (χ2v) is 1.79. The lowest BCUT2D eigenvalue weighted by Gasteiger charge is -1.95. The van der Waals surface area contributed by atoms with Gasteiger partial charge in [0.25, 0.3) is 0 Å². The lowest BCUT2D eigenvalue weighted by Crippen LogP contribution is -3.02. The Morgan fingerprint density at radius 1 is 1.67 bits per heavy atom. The molecule has 1 rings (SSSR count). The molecule has 0 fully saturated rings. The lowest BCUT2D eigenvalue weighted by molar-refractivity contribution is -0.818. The second kappa shape index (κ2) is 1.43. The molecule has 1 nitrogen and oxygen atoms in total. The Balaban J connectivity index is 2.38. The molecule has 0 saturated heterocycles. The van der Waals surface area contributed by atoms with Crippen LogP contribution in [0.2, 0.25) is 0 Å². The van der Waals surface area contributed by atoms with Crippen molar-refractivity contribution in [1.82, 2.24) is 0 Å². The Morgan fingerprint density at radius 3 is 2.67 bits per heavy atom. The topological polar surface area (TPSA) is 4.44 Å². The molecule has 1 heteroatoms. The second-order valence-electron chi connectivity index (χ2n) is 1.79. The maximum absolute atomic E-state index is 2.22. The van der Waals surface area contributed by atoms with Crippen LogP contribution in [0.15, 0.2) is 12.3 Å². The Bertz CT molecular complexity index is 66.3. The van der Waals surface area contributed by atoms with Crippen LogP contribution in [0.4, 0.5) is 0 Å². The summed E-state index contributed by atoms with van der Waals surface area (Å²) in [6.45, 7) is 1.29. The van der Waals surface area contributed by atoms with Gasteiger partial charge in [0.05, 0.1) is 19.8 Å². The molecule has 0 aliphatic carbocycles. The molecule has 0 amide bonds. The molecule has 0 aromatic rings. The monoisotopic (exact) mass is 84.1 g/mol. The predicted molar refractivity (Wildman–Crippen MR) is 25.5 cm³/mol. The third-order valence-corrected chi connectivity index (χ3v) is 1.11. The normalized spacial score (nSPS) is 31.8. The summed E-state index contributed by atoms with van der Waals surface area (Å²) in [5, 5.41) is 0. The van der Waals surface area contributed by atoms with Crippen LogP contribution in [0.25, 0.3) is 0 Å². The van der Waals surface area contributed by atoms with Gasteiger partial charge >= 0.3 is 0 Å². The van der Waals surface area contributed by atoms with E-state index >= 15 is 0 Å². The van der Waals surface area contributed by atoms with Crippen molar-refractivity contribution in [3.8, 4) is 0 Å². The summed E-state index contributed by atoms with van der Waals surface area (Å²) in [5.41, 5.74) is 0. The molecule has 1 atom stereocenters. The smallest absolute Gasteiger partial charge is 0.0901 e. The summed E-state index contributed by atoms with van der Waals surface area (Å²) in [6, 6.07) is 0. The highest BCUT2D eigenvalue weighted by Gasteiger charge is 1.99. The van der Waals surface area contributed by atoms with Gasteiger partial charge in [-0.25, -0.2) is 0 Å². The van der Waals surface area contributed by atoms with Crippen LogP contribution in [0.1, 0.15) is 6.42 Å². The Kier molecular flexibility index (Phi) is 0.926. The van der Waals surface area contributed by atoms with E-state index < -0.39 is 0 Å². The van der Waals surface area contributed by atoms with Gasteiger partial charge in [0.15, 0.2) is 0 Å². The zero-order valence-electron chi connectivity index (χ0n) is 4.07. The fourth-order valence-electron chi connectivity index (χ4n) is 0.679. The van der Waals surface area contributed by atoms with Gasteiger partial charge in [0, 0.05) is 6.42 Å². The minimum Gasteiger partial charge on any atom is -0.311 e. The van der Waals surface area contributed by atoms with Gasteiger partial charge in [-0.1, -0.05) is 0 Å². The fourth-order valence-corrected chi connectivity index (χ4v) is 0.679. The van der Waals surface area contributed by atoms with Gasteiger partial charge in [-0.2, -0.15) is 0 Å². The molecule has 0 radical (unpaired) electrons. The highest BCUT2D eigenvalue weighted by molar-refractivity contribution is 4.75. The summed E-state index contributed by atoms with van der Waals surface area (Å²) in [6.07, 6.45) is 5.68. The zero-order valence-corrected chi connectivity index (χ0v) is 4.07. The molecular formula is C5H10N+. The maximum Gasteiger partial charge on any atom is 0.0901 e. The van der Waals surface area contributed by atoms with E-state index in [1.54, 1.807) is 0 Å². The number of quaternary nitrogens is 1. The van der Waals surface area contributed by atoms with E-state index in [0.29, 0.717) is 0 Å². The lowest BCUT2D eigenvalue weighted by atomic mass is 10.5. The maximum atomic E-state index is 2.22. The minimum absolute atomic E-state index is 1.27. The largest absolute Gasteiger partial charge is 0.311 e. The van der Waals surface area contributed by atoms with Crippen molar-refractivity contribution < 1.29 is 4.90 Å². The molecule has 1 N–H and O–H groups in total. The first kappa shape index (κ1) is 3.88. The molecule has 0 aromatic heterocycles. The average molecular weight is 84.1 g/mol. The number of hydrogen-bond acceptors (Lipinski definition) is 0. The quantitative estimate of drug-likeness (QED) is 0.400. The van der Waals surface area contributed by atoms with E-state index in [4.69, 9.17) is 0 Å². The Labute approximate surface area is 38.3 Å². The van der Waals surface area contributed by atoms with Crippen LogP contribution in [0.3, 0.4) is 0 Å². The molecule has 0 aromatic carbocycles. The molecule has 1 unspecified atom stereocenters. The molecule has 0 spiro atoms. The van der Waals surface area contributed by atoms with E-state index in [-0.39, 0.29) is 0 Å². The van der Waals surface area contributed by atoms with Crippen molar-refractivity contribution in [2.75, 3.05) is 13.6 Å². The van der Waals surface area contributed by atoms with Gasteiger partial charge in [-0.3, -0.25) is 0 Å². The van der Waals surface area contributed by atoms with Crippen LogP contribution >= 0.6 is 0 Å². The first-order valence-corrected chi connectivity index (χ1v) is 2.38. The molecule has 6 heavy (non-hydrogen) atoms. The number of hydrogen-bond donors (Lipinski definition) is 1. The van der Waals surface area contributed by atoms with Crippen molar-refractivity contribution in [3.05, 3.63) is 12.3 Å². The van der Waals surface area contributed by atoms with E-state index in [2.05, 4.69) is 19.3 Å². The standard InChI is InChI=1S/C5H9N/c1-6-4-2-3-5-6/h2,4H,3,5H2,1H3/p+1. The fraction of sp³-hybridized carbons (Fsp3) is 0.600. The minimum atomic E-state index is 1.27. The molecule has 1 aliphatic heterocycles. The molecule has 1 heterocycles. The predicted octanol–water partition coefficient (Wildman–Crippen LogP) is -0.581. The van der Waals surface area contributed by atoms with Crippen LogP contribution in [-0.4, -0.2) is 13.6 Å². The van der Waals surface area contributed by atoms with Gasteiger partial charge < -0.3 is 4.90 Å². The number of rotatable bonds is 0. The number of nitrogens with one attached hydrogen (secondary N) is 1. The summed E-state index contributed by atoms with van der Waals surface area (Å²) < 4.78 is 0. The van der Waals surface area contributed by atoms with Crippen LogP contribution < -0.4 is 4.90 Å². The highest BCUT2D eigenvalue weighted by Crippen LogP contribution is 1.78. The van der Waals surface area contributed by atoms with Gasteiger partial charge in [0.1, 0.15) is 0 Å². The highest BCUT2D eigenvalue weighted by atomic mass is 15.1. The van der Waals surface area contributed by atoms with Crippen LogP contribution in [0, 0.1) is 0 Å². The van der Waals surface area contributed by atoms with Crippen molar-refractivity contribution in [3.63, 3.8) is 0 Å². The molecule has 34 valence electrons.